The quantitative estimate of drug-likeness (QED) is 0.623. The average Bonchev–Trinajstić information content (AvgIpc) is 3.23. The van der Waals surface area contributed by atoms with Crippen LogP contribution in [0.3, 0.4) is 0 Å². The zero-order valence-electron chi connectivity index (χ0n) is 14.0. The SMILES string of the molecule is O=C(O)C(Cc1cscn1)N1Cc2c([nH]c3ccccc23)C1=O.[H-].[Li+]. The van der Waals surface area contributed by atoms with Crippen LogP contribution in [0, 0.1) is 0 Å². The maximum Gasteiger partial charge on any atom is 1.00 e. The van der Waals surface area contributed by atoms with Gasteiger partial charge in [-0.3, -0.25) is 4.79 Å². The summed E-state index contributed by atoms with van der Waals surface area (Å²) in [5.74, 6) is -1.28. The number of para-hydroxylation sites is 1. The van der Waals surface area contributed by atoms with Crippen LogP contribution in [0.2, 0.25) is 0 Å². The number of carboxylic acid groups (broad SMARTS) is 1. The monoisotopic (exact) mass is 335 g/mol. The summed E-state index contributed by atoms with van der Waals surface area (Å²) in [7, 11) is 0. The number of rotatable bonds is 4. The van der Waals surface area contributed by atoms with Crippen molar-refractivity contribution in [3.05, 3.63) is 52.1 Å². The van der Waals surface area contributed by atoms with Gasteiger partial charge in [0.2, 0.25) is 0 Å². The molecule has 6 nitrogen and oxygen atoms in total. The molecule has 1 aliphatic heterocycles. The van der Waals surface area contributed by atoms with Gasteiger partial charge in [-0.1, -0.05) is 18.2 Å². The van der Waals surface area contributed by atoms with Crippen LogP contribution in [0.15, 0.2) is 35.2 Å². The van der Waals surface area contributed by atoms with Gasteiger partial charge in [-0.05, 0) is 6.07 Å². The van der Waals surface area contributed by atoms with Crippen molar-refractivity contribution < 1.29 is 35.0 Å². The Kier molecular flexibility index (Phi) is 4.50. The molecule has 2 N–H and O–H groups in total. The number of aliphatic carboxylic acids is 1. The van der Waals surface area contributed by atoms with Gasteiger partial charge in [0.15, 0.2) is 0 Å². The van der Waals surface area contributed by atoms with Crippen LogP contribution < -0.4 is 18.9 Å². The van der Waals surface area contributed by atoms with E-state index in [0.717, 1.165) is 16.5 Å². The Morgan fingerprint density at radius 3 is 2.96 bits per heavy atom. The third kappa shape index (κ3) is 2.65. The topological polar surface area (TPSA) is 86.3 Å². The van der Waals surface area contributed by atoms with Crippen LogP contribution in [0.25, 0.3) is 10.9 Å². The number of aromatic nitrogens is 2. The van der Waals surface area contributed by atoms with E-state index in [1.54, 1.807) is 5.51 Å². The summed E-state index contributed by atoms with van der Waals surface area (Å²) >= 11 is 1.41. The van der Waals surface area contributed by atoms with Crippen molar-refractivity contribution in [2.75, 3.05) is 0 Å². The first-order valence-corrected chi connectivity index (χ1v) is 8.10. The first-order valence-electron chi connectivity index (χ1n) is 7.15. The Bertz CT molecular complexity index is 913. The van der Waals surface area contributed by atoms with Crippen LogP contribution >= 0.6 is 11.3 Å². The van der Waals surface area contributed by atoms with Crippen molar-refractivity contribution in [3.8, 4) is 0 Å². The number of amides is 1. The van der Waals surface area contributed by atoms with Crippen LogP contribution in [0.5, 0.6) is 0 Å². The van der Waals surface area contributed by atoms with E-state index < -0.39 is 12.0 Å². The van der Waals surface area contributed by atoms with Crippen molar-refractivity contribution >= 4 is 34.1 Å². The summed E-state index contributed by atoms with van der Waals surface area (Å²) in [4.78, 5) is 33.0. The molecule has 4 rings (SSSR count). The number of nitrogens with zero attached hydrogens (tertiary/aromatic N) is 2. The summed E-state index contributed by atoms with van der Waals surface area (Å²) in [6, 6.07) is 6.75. The summed E-state index contributed by atoms with van der Waals surface area (Å²) in [6.07, 6.45) is 0.215. The van der Waals surface area contributed by atoms with Crippen molar-refractivity contribution in [1.82, 2.24) is 14.9 Å². The Balaban J connectivity index is 0.00000113. The molecule has 1 aromatic carbocycles. The molecular formula is C16H14LiN3O3S. The fourth-order valence-corrected chi connectivity index (χ4v) is 3.62. The predicted octanol–water partition coefficient (Wildman–Crippen LogP) is -0.607. The number of benzene rings is 1. The van der Waals surface area contributed by atoms with E-state index >= 15 is 0 Å². The smallest absolute Gasteiger partial charge is 1.00 e. The largest absolute Gasteiger partial charge is 1.00 e. The van der Waals surface area contributed by atoms with Gasteiger partial charge < -0.3 is 16.4 Å². The Hall–Kier alpha value is -2.07. The molecule has 8 heteroatoms. The second kappa shape index (κ2) is 6.44. The zero-order chi connectivity index (χ0) is 16.0. The molecule has 1 atom stereocenters. The molecule has 0 fully saturated rings. The number of aromatic amines is 1. The molecule has 0 radical (unpaired) electrons. The van der Waals surface area contributed by atoms with E-state index in [4.69, 9.17) is 0 Å². The van der Waals surface area contributed by atoms with Crippen molar-refractivity contribution in [3.63, 3.8) is 0 Å². The number of H-pyrrole nitrogens is 1. The van der Waals surface area contributed by atoms with Crippen LogP contribution in [-0.2, 0) is 17.8 Å². The van der Waals surface area contributed by atoms with Gasteiger partial charge in [-0.2, -0.15) is 0 Å². The van der Waals surface area contributed by atoms with Crippen LogP contribution in [0.4, 0.5) is 0 Å². The minimum Gasteiger partial charge on any atom is -1.00 e. The molecule has 2 aromatic heterocycles. The molecule has 24 heavy (non-hydrogen) atoms. The van der Waals surface area contributed by atoms with Gasteiger partial charge in [-0.25, -0.2) is 9.78 Å². The van der Waals surface area contributed by atoms with E-state index in [9.17, 15) is 14.7 Å². The Labute approximate surface area is 155 Å². The fourth-order valence-electron chi connectivity index (χ4n) is 3.05. The molecule has 0 saturated heterocycles. The molecular weight excluding hydrogens is 321 g/mol. The van der Waals surface area contributed by atoms with E-state index in [-0.39, 0.29) is 32.6 Å². The third-order valence-corrected chi connectivity index (χ3v) is 4.80. The number of carbonyl (C=O) groups is 2. The second-order valence-corrected chi connectivity index (χ2v) is 6.21. The molecule has 1 amide bonds. The number of carboxylic acids is 1. The van der Waals surface area contributed by atoms with Gasteiger partial charge in [0.05, 0.1) is 11.2 Å². The summed E-state index contributed by atoms with van der Waals surface area (Å²) in [5.41, 5.74) is 4.62. The fraction of sp³-hybridized carbons (Fsp3) is 0.188. The molecule has 3 aromatic rings. The number of thiazole rings is 1. The van der Waals surface area contributed by atoms with E-state index in [2.05, 4.69) is 9.97 Å². The van der Waals surface area contributed by atoms with Gasteiger partial charge in [0, 0.05) is 34.8 Å². The molecule has 0 saturated carbocycles. The number of hydrogen-bond donors (Lipinski definition) is 2. The molecule has 1 unspecified atom stereocenters. The Morgan fingerprint density at radius 2 is 2.25 bits per heavy atom. The van der Waals surface area contributed by atoms with E-state index in [1.165, 1.54) is 16.2 Å². The third-order valence-electron chi connectivity index (χ3n) is 4.16. The van der Waals surface area contributed by atoms with Gasteiger partial charge in [0.25, 0.3) is 5.91 Å². The maximum absolute atomic E-state index is 12.7. The maximum atomic E-state index is 12.7. The first-order chi connectivity index (χ1) is 11.1. The molecule has 0 aliphatic carbocycles. The number of carbonyl (C=O) groups excluding carboxylic acids is 1. The van der Waals surface area contributed by atoms with Gasteiger partial charge in [0.1, 0.15) is 11.7 Å². The first kappa shape index (κ1) is 16.8. The summed E-state index contributed by atoms with van der Waals surface area (Å²) < 4.78 is 0. The second-order valence-electron chi connectivity index (χ2n) is 5.50. The van der Waals surface area contributed by atoms with Crippen molar-refractivity contribution in [2.45, 2.75) is 19.0 Å². The van der Waals surface area contributed by atoms with Crippen molar-refractivity contribution in [2.24, 2.45) is 0 Å². The molecule has 118 valence electrons. The van der Waals surface area contributed by atoms with E-state index in [1.807, 2.05) is 29.6 Å². The summed E-state index contributed by atoms with van der Waals surface area (Å²) in [6.45, 7) is 0.305. The Morgan fingerprint density at radius 1 is 1.46 bits per heavy atom. The average molecular weight is 335 g/mol. The standard InChI is InChI=1S/C16H13N3O3S.Li.H/c20-15-14-11(10-3-1-2-4-12(10)18-14)6-19(15)13(16(21)22)5-9-7-23-8-17-9;;/h1-4,7-8,13,18H,5-6H2,(H,21,22);;/q;+1;-1. The number of hydrogen-bond acceptors (Lipinski definition) is 4. The molecule has 1 aliphatic rings. The molecule has 3 heterocycles. The minimum absolute atomic E-state index is 0. The van der Waals surface area contributed by atoms with Crippen molar-refractivity contribution in [1.29, 1.82) is 0 Å². The zero-order valence-corrected chi connectivity index (χ0v) is 13.8. The van der Waals surface area contributed by atoms with E-state index in [0.29, 0.717) is 17.9 Å². The van der Waals surface area contributed by atoms with Crippen LogP contribution in [0.1, 0.15) is 23.2 Å². The molecule has 0 bridgehead atoms. The molecule has 0 spiro atoms. The van der Waals surface area contributed by atoms with Crippen LogP contribution in [-0.4, -0.2) is 37.9 Å². The van der Waals surface area contributed by atoms with Gasteiger partial charge in [-0.15, -0.1) is 11.3 Å². The number of fused-ring (bicyclic) bond motifs is 3. The normalized spacial score (nSPS) is 14.5. The van der Waals surface area contributed by atoms with Gasteiger partial charge >= 0.3 is 24.8 Å². The minimum atomic E-state index is -1.01. The summed E-state index contributed by atoms with van der Waals surface area (Å²) in [5, 5.41) is 12.3. The predicted molar refractivity (Wildman–Crippen MR) is 86.5 cm³/mol. The number of nitrogens with one attached hydrogen (secondary N) is 1.